The minimum Gasteiger partial charge on any atom is -0.481 e. The Kier molecular flexibility index (Phi) is 4.51. The first-order valence-electron chi connectivity index (χ1n) is 3.63. The first-order valence-corrected chi connectivity index (χ1v) is 3.63. The molecule has 0 fully saturated rings. The van der Waals surface area contributed by atoms with E-state index in [1.807, 2.05) is 0 Å². The molecule has 0 saturated heterocycles. The molecule has 1 atom stereocenters. The van der Waals surface area contributed by atoms with E-state index in [9.17, 15) is 4.79 Å². The number of halogens is 1. The number of rotatable bonds is 3. The maximum atomic E-state index is 10.3. The van der Waals surface area contributed by atoms with Gasteiger partial charge in [-0.2, -0.15) is 0 Å². The summed E-state index contributed by atoms with van der Waals surface area (Å²) in [7, 11) is 0. The van der Waals surface area contributed by atoms with Crippen LogP contribution in [-0.2, 0) is 4.79 Å². The molecule has 0 radical (unpaired) electrons. The Labute approximate surface area is 82.1 Å². The molecule has 5 heteroatoms. The van der Waals surface area contributed by atoms with Crippen LogP contribution in [-0.4, -0.2) is 11.1 Å². The molecule has 1 aromatic heterocycles. The summed E-state index contributed by atoms with van der Waals surface area (Å²) in [5, 5.41) is 8.43. The summed E-state index contributed by atoms with van der Waals surface area (Å²) in [5.74, 6) is 0.345. The van der Waals surface area contributed by atoms with Crippen LogP contribution in [0.3, 0.4) is 0 Å². The van der Waals surface area contributed by atoms with Gasteiger partial charge in [-0.25, -0.2) is 0 Å². The average Bonchev–Trinajstić information content (AvgIpc) is 2.34. The number of aliphatic carboxylic acids is 1. The lowest BCUT2D eigenvalue weighted by Crippen LogP contribution is -2.14. The molecule has 0 bridgehead atoms. The van der Waals surface area contributed by atoms with Gasteiger partial charge in [-0.15, -0.1) is 12.4 Å². The number of hydrogen-bond donors (Lipinski definition) is 2. The Morgan fingerprint density at radius 3 is 2.69 bits per heavy atom. The maximum absolute atomic E-state index is 10.3. The van der Waals surface area contributed by atoms with Crippen molar-refractivity contribution < 1.29 is 14.3 Å². The second-order valence-corrected chi connectivity index (χ2v) is 2.65. The fourth-order valence-corrected chi connectivity index (χ4v) is 0.941. The third-order valence-electron chi connectivity index (χ3n) is 1.52. The zero-order valence-corrected chi connectivity index (χ0v) is 8.00. The summed E-state index contributed by atoms with van der Waals surface area (Å²) in [4.78, 5) is 10.3. The Morgan fingerprint density at radius 2 is 2.31 bits per heavy atom. The van der Waals surface area contributed by atoms with E-state index in [4.69, 9.17) is 15.3 Å². The number of carboxylic acids is 1. The highest BCUT2D eigenvalue weighted by Crippen LogP contribution is 2.16. The lowest BCUT2D eigenvalue weighted by Gasteiger charge is -2.03. The number of carbonyl (C=O) groups is 1. The van der Waals surface area contributed by atoms with Crippen LogP contribution in [0.25, 0.3) is 0 Å². The monoisotopic (exact) mass is 205 g/mol. The van der Waals surface area contributed by atoms with Crippen LogP contribution >= 0.6 is 12.4 Å². The second-order valence-electron chi connectivity index (χ2n) is 2.65. The number of furan rings is 1. The molecule has 0 amide bonds. The van der Waals surface area contributed by atoms with Gasteiger partial charge in [-0.1, -0.05) is 0 Å². The molecule has 0 aromatic carbocycles. The Morgan fingerprint density at radius 1 is 1.69 bits per heavy atom. The topological polar surface area (TPSA) is 76.5 Å². The SMILES string of the molecule is Cc1ccc([C@H](N)CC(=O)O)o1.Cl. The van der Waals surface area contributed by atoms with E-state index in [2.05, 4.69) is 0 Å². The van der Waals surface area contributed by atoms with Gasteiger partial charge in [-0.3, -0.25) is 4.79 Å². The molecule has 0 spiro atoms. The van der Waals surface area contributed by atoms with Crippen LogP contribution in [0.15, 0.2) is 16.5 Å². The molecule has 74 valence electrons. The Hall–Kier alpha value is -1.00. The van der Waals surface area contributed by atoms with Gasteiger partial charge >= 0.3 is 5.97 Å². The lowest BCUT2D eigenvalue weighted by atomic mass is 10.2. The van der Waals surface area contributed by atoms with E-state index in [0.29, 0.717) is 5.76 Å². The Bertz CT molecular complexity index is 285. The third-order valence-corrected chi connectivity index (χ3v) is 1.52. The molecule has 1 rings (SSSR count). The number of nitrogens with two attached hydrogens (primary N) is 1. The molecule has 0 aliphatic heterocycles. The molecule has 0 saturated carbocycles. The minimum absolute atomic E-state index is 0. The predicted molar refractivity (Wildman–Crippen MR) is 49.9 cm³/mol. The number of hydrogen-bond acceptors (Lipinski definition) is 3. The van der Waals surface area contributed by atoms with Crippen molar-refractivity contribution in [1.82, 2.24) is 0 Å². The fraction of sp³-hybridized carbons (Fsp3) is 0.375. The highest BCUT2D eigenvalue weighted by atomic mass is 35.5. The van der Waals surface area contributed by atoms with Gasteiger partial charge in [0, 0.05) is 0 Å². The van der Waals surface area contributed by atoms with Crippen molar-refractivity contribution in [3.8, 4) is 0 Å². The van der Waals surface area contributed by atoms with Crippen molar-refractivity contribution >= 4 is 18.4 Å². The molecule has 4 nitrogen and oxygen atoms in total. The summed E-state index contributed by atoms with van der Waals surface area (Å²) in [6.45, 7) is 1.79. The predicted octanol–water partition coefficient (Wildman–Crippen LogP) is 1.48. The van der Waals surface area contributed by atoms with Crippen LogP contribution in [0.4, 0.5) is 0 Å². The standard InChI is InChI=1S/C8H11NO3.ClH/c1-5-2-3-7(12-5)6(9)4-8(10)11;/h2-3,6H,4,9H2,1H3,(H,10,11);1H/t6-;/m1./s1. The molecule has 1 aromatic rings. The lowest BCUT2D eigenvalue weighted by molar-refractivity contribution is -0.137. The van der Waals surface area contributed by atoms with E-state index in [1.54, 1.807) is 19.1 Å². The zero-order valence-electron chi connectivity index (χ0n) is 7.19. The van der Waals surface area contributed by atoms with Gasteiger partial charge in [0.25, 0.3) is 0 Å². The first-order chi connectivity index (χ1) is 5.59. The highest BCUT2D eigenvalue weighted by molar-refractivity contribution is 5.85. The van der Waals surface area contributed by atoms with Gasteiger partial charge < -0.3 is 15.3 Å². The van der Waals surface area contributed by atoms with E-state index < -0.39 is 12.0 Å². The molecule has 0 unspecified atom stereocenters. The molecule has 0 aliphatic rings. The molecular weight excluding hydrogens is 194 g/mol. The summed E-state index contributed by atoms with van der Waals surface area (Å²) in [5.41, 5.74) is 5.53. The second kappa shape index (κ2) is 4.89. The normalized spacial score (nSPS) is 11.8. The molecular formula is C8H12ClNO3. The molecule has 13 heavy (non-hydrogen) atoms. The largest absolute Gasteiger partial charge is 0.481 e. The van der Waals surface area contributed by atoms with Crippen molar-refractivity contribution in [2.24, 2.45) is 5.73 Å². The average molecular weight is 206 g/mol. The van der Waals surface area contributed by atoms with Crippen molar-refractivity contribution in [1.29, 1.82) is 0 Å². The van der Waals surface area contributed by atoms with Crippen molar-refractivity contribution in [3.05, 3.63) is 23.7 Å². The van der Waals surface area contributed by atoms with Crippen molar-refractivity contribution in [3.63, 3.8) is 0 Å². The smallest absolute Gasteiger partial charge is 0.305 e. The van der Waals surface area contributed by atoms with E-state index in [-0.39, 0.29) is 18.8 Å². The highest BCUT2D eigenvalue weighted by Gasteiger charge is 2.13. The minimum atomic E-state index is -0.920. The third kappa shape index (κ3) is 3.48. The van der Waals surface area contributed by atoms with Crippen molar-refractivity contribution in [2.45, 2.75) is 19.4 Å². The van der Waals surface area contributed by atoms with Crippen LogP contribution in [0, 0.1) is 6.92 Å². The Balaban J connectivity index is 0.00000144. The summed E-state index contributed by atoms with van der Waals surface area (Å²) < 4.78 is 5.16. The summed E-state index contributed by atoms with van der Waals surface area (Å²) >= 11 is 0. The molecule has 1 heterocycles. The van der Waals surface area contributed by atoms with Gasteiger partial charge in [0.15, 0.2) is 0 Å². The molecule has 3 N–H and O–H groups in total. The zero-order chi connectivity index (χ0) is 9.14. The molecule has 0 aliphatic carbocycles. The van der Waals surface area contributed by atoms with Crippen LogP contribution < -0.4 is 5.73 Å². The van der Waals surface area contributed by atoms with Gasteiger partial charge in [0.1, 0.15) is 11.5 Å². The number of carboxylic acid groups (broad SMARTS) is 1. The first kappa shape index (κ1) is 12.0. The van der Waals surface area contributed by atoms with Crippen LogP contribution in [0.2, 0.25) is 0 Å². The quantitative estimate of drug-likeness (QED) is 0.784. The van der Waals surface area contributed by atoms with Crippen LogP contribution in [0.1, 0.15) is 24.0 Å². The van der Waals surface area contributed by atoms with Gasteiger partial charge in [-0.05, 0) is 19.1 Å². The maximum Gasteiger partial charge on any atom is 0.305 e. The van der Waals surface area contributed by atoms with Gasteiger partial charge in [0.2, 0.25) is 0 Å². The fourth-order valence-electron chi connectivity index (χ4n) is 0.941. The van der Waals surface area contributed by atoms with Gasteiger partial charge in [0.05, 0.1) is 12.5 Å². The van der Waals surface area contributed by atoms with Crippen molar-refractivity contribution in [2.75, 3.05) is 0 Å². The van der Waals surface area contributed by atoms with E-state index >= 15 is 0 Å². The van der Waals surface area contributed by atoms with E-state index in [0.717, 1.165) is 5.76 Å². The summed E-state index contributed by atoms with van der Waals surface area (Å²) in [6.07, 6.45) is -0.104. The summed E-state index contributed by atoms with van der Waals surface area (Å²) in [6, 6.07) is 2.91. The van der Waals surface area contributed by atoms with Crippen LogP contribution in [0.5, 0.6) is 0 Å². The number of aryl methyl sites for hydroxylation is 1. The van der Waals surface area contributed by atoms with E-state index in [1.165, 1.54) is 0 Å².